The minimum absolute atomic E-state index is 0.0340. The molecule has 0 heterocycles. The third-order valence-corrected chi connectivity index (χ3v) is 3.48. The minimum Gasteiger partial charge on any atom is -0.480 e. The number of hydrogen-bond donors (Lipinski definition) is 4. The highest BCUT2D eigenvalue weighted by Crippen LogP contribution is 2.08. The second-order valence-corrected chi connectivity index (χ2v) is 6.33. The lowest BCUT2D eigenvalue weighted by Crippen LogP contribution is -2.52. The molecular formula is C17H23FN2O6. The summed E-state index contributed by atoms with van der Waals surface area (Å²) in [7, 11) is 0. The largest absolute Gasteiger partial charge is 0.480 e. The number of aliphatic hydroxyl groups is 1. The molecule has 0 bridgehead atoms. The number of hydrogen-bond acceptors (Lipinski definition) is 4. The van der Waals surface area contributed by atoms with Crippen molar-refractivity contribution in [1.29, 1.82) is 0 Å². The van der Waals surface area contributed by atoms with Gasteiger partial charge in [-0.3, -0.25) is 0 Å². The van der Waals surface area contributed by atoms with Gasteiger partial charge in [0, 0.05) is 13.0 Å². The van der Waals surface area contributed by atoms with Gasteiger partial charge in [-0.25, -0.2) is 18.8 Å². The summed E-state index contributed by atoms with van der Waals surface area (Å²) >= 11 is 0. The zero-order chi connectivity index (χ0) is 19.9. The first kappa shape index (κ1) is 21.4. The molecule has 2 atom stereocenters. The van der Waals surface area contributed by atoms with E-state index < -0.39 is 42.5 Å². The summed E-state index contributed by atoms with van der Waals surface area (Å²) in [5.41, 5.74) is 0.388. The highest BCUT2D eigenvalue weighted by atomic mass is 19.1. The van der Waals surface area contributed by atoms with Gasteiger partial charge in [0.2, 0.25) is 0 Å². The topological polar surface area (TPSA) is 127 Å². The Morgan fingerprint density at radius 3 is 2.31 bits per heavy atom. The summed E-state index contributed by atoms with van der Waals surface area (Å²) in [6.07, 6.45) is -1.93. The molecule has 1 rings (SSSR count). The third-order valence-electron chi connectivity index (χ3n) is 3.48. The Bertz CT molecular complexity index is 652. The SMILES string of the molecule is CC(C)CN(CC(O)C(=O)O)C(=O)N[C@@H](Cc1cccc(F)c1)C(=O)O. The molecule has 144 valence electrons. The molecule has 4 N–H and O–H groups in total. The Morgan fingerprint density at radius 1 is 1.15 bits per heavy atom. The first-order valence-electron chi connectivity index (χ1n) is 8.03. The summed E-state index contributed by atoms with van der Waals surface area (Å²) in [5.74, 6) is -3.36. The number of halogens is 1. The average molecular weight is 370 g/mol. The smallest absolute Gasteiger partial charge is 0.334 e. The van der Waals surface area contributed by atoms with Crippen LogP contribution in [0.1, 0.15) is 19.4 Å². The molecule has 0 saturated carbocycles. The number of carboxylic acids is 2. The van der Waals surface area contributed by atoms with Gasteiger partial charge in [0.1, 0.15) is 11.9 Å². The van der Waals surface area contributed by atoms with E-state index >= 15 is 0 Å². The van der Waals surface area contributed by atoms with E-state index in [1.807, 2.05) is 0 Å². The molecule has 8 nitrogen and oxygen atoms in total. The molecule has 0 fully saturated rings. The number of urea groups is 1. The number of aliphatic carboxylic acids is 2. The average Bonchev–Trinajstić information content (AvgIpc) is 2.52. The number of carbonyl (C=O) groups is 3. The molecule has 0 saturated heterocycles. The van der Waals surface area contributed by atoms with Crippen molar-refractivity contribution in [3.8, 4) is 0 Å². The number of amides is 2. The minimum atomic E-state index is -1.79. The van der Waals surface area contributed by atoms with Crippen molar-refractivity contribution in [3.05, 3.63) is 35.6 Å². The lowest BCUT2D eigenvalue weighted by atomic mass is 10.1. The number of benzene rings is 1. The van der Waals surface area contributed by atoms with Gasteiger partial charge in [-0.15, -0.1) is 0 Å². The standard InChI is InChI=1S/C17H23FN2O6/c1-10(2)8-20(9-14(21)16(24)25)17(26)19-13(15(22)23)7-11-4-3-5-12(18)6-11/h3-6,10,13-14,21H,7-9H2,1-2H3,(H,19,26)(H,22,23)(H,24,25)/t13-,14?/m0/s1. The molecule has 0 aliphatic heterocycles. The lowest BCUT2D eigenvalue weighted by molar-refractivity contribution is -0.147. The molecule has 1 aromatic carbocycles. The van der Waals surface area contributed by atoms with Crippen molar-refractivity contribution in [2.45, 2.75) is 32.4 Å². The number of aliphatic hydroxyl groups excluding tert-OH is 1. The molecule has 0 aliphatic carbocycles. The van der Waals surface area contributed by atoms with Crippen LogP contribution in [0.2, 0.25) is 0 Å². The van der Waals surface area contributed by atoms with Gasteiger partial charge < -0.3 is 25.5 Å². The van der Waals surface area contributed by atoms with Gasteiger partial charge >= 0.3 is 18.0 Å². The maximum Gasteiger partial charge on any atom is 0.334 e. The Morgan fingerprint density at radius 2 is 1.81 bits per heavy atom. The van der Waals surface area contributed by atoms with E-state index in [0.29, 0.717) is 5.56 Å². The lowest BCUT2D eigenvalue weighted by Gasteiger charge is -2.27. The van der Waals surface area contributed by atoms with Gasteiger partial charge in [0.25, 0.3) is 0 Å². The summed E-state index contributed by atoms with van der Waals surface area (Å²) in [6, 6.07) is 3.20. The number of carboxylic acid groups (broad SMARTS) is 2. The van der Waals surface area contributed by atoms with E-state index in [4.69, 9.17) is 5.11 Å². The maximum absolute atomic E-state index is 13.2. The van der Waals surface area contributed by atoms with Crippen molar-refractivity contribution < 1.29 is 34.1 Å². The summed E-state index contributed by atoms with van der Waals surface area (Å²) in [4.78, 5) is 35.7. The van der Waals surface area contributed by atoms with Crippen molar-refractivity contribution >= 4 is 18.0 Å². The van der Waals surface area contributed by atoms with E-state index in [1.54, 1.807) is 13.8 Å². The molecule has 0 aromatic heterocycles. The number of nitrogens with zero attached hydrogens (tertiary/aromatic N) is 1. The second kappa shape index (κ2) is 9.71. The molecule has 26 heavy (non-hydrogen) atoms. The first-order chi connectivity index (χ1) is 12.1. The van der Waals surface area contributed by atoms with Gasteiger partial charge in [0.15, 0.2) is 6.10 Å². The summed E-state index contributed by atoms with van der Waals surface area (Å²) < 4.78 is 13.2. The molecule has 9 heteroatoms. The van der Waals surface area contributed by atoms with Crippen LogP contribution in [0.15, 0.2) is 24.3 Å². The Labute approximate surface area is 150 Å². The predicted octanol–water partition coefficient (Wildman–Crippen LogP) is 0.935. The van der Waals surface area contributed by atoms with Crippen molar-refractivity contribution in [2.24, 2.45) is 5.92 Å². The third kappa shape index (κ3) is 7.06. The number of rotatable bonds is 9. The van der Waals surface area contributed by atoms with Crippen molar-refractivity contribution in [2.75, 3.05) is 13.1 Å². The van der Waals surface area contributed by atoms with E-state index in [0.717, 1.165) is 4.90 Å². The van der Waals surface area contributed by atoms with E-state index in [9.17, 15) is 29.0 Å². The molecule has 1 aromatic rings. The summed E-state index contributed by atoms with van der Waals surface area (Å²) in [5, 5.41) is 29.9. The van der Waals surface area contributed by atoms with Crippen LogP contribution in [-0.4, -0.2) is 63.4 Å². The van der Waals surface area contributed by atoms with Crippen molar-refractivity contribution in [1.82, 2.24) is 10.2 Å². The van der Waals surface area contributed by atoms with Crippen LogP contribution < -0.4 is 5.32 Å². The van der Waals surface area contributed by atoms with E-state index in [1.165, 1.54) is 24.3 Å². The number of carbonyl (C=O) groups excluding carboxylic acids is 1. The first-order valence-corrected chi connectivity index (χ1v) is 8.03. The Balaban J connectivity index is 2.87. The highest BCUT2D eigenvalue weighted by molar-refractivity contribution is 5.83. The van der Waals surface area contributed by atoms with Crippen LogP contribution in [0.3, 0.4) is 0 Å². The van der Waals surface area contributed by atoms with Crippen LogP contribution in [0.5, 0.6) is 0 Å². The summed E-state index contributed by atoms with van der Waals surface area (Å²) in [6.45, 7) is 3.22. The van der Waals surface area contributed by atoms with Gasteiger partial charge in [0.05, 0.1) is 6.54 Å². The Kier molecular flexibility index (Phi) is 7.98. The van der Waals surface area contributed by atoms with Gasteiger partial charge in [-0.05, 0) is 23.6 Å². The highest BCUT2D eigenvalue weighted by Gasteiger charge is 2.27. The van der Waals surface area contributed by atoms with Crippen LogP contribution in [0.4, 0.5) is 9.18 Å². The molecule has 0 aliphatic rings. The predicted molar refractivity (Wildman–Crippen MR) is 90.1 cm³/mol. The van der Waals surface area contributed by atoms with Crippen LogP contribution in [0, 0.1) is 11.7 Å². The molecular weight excluding hydrogens is 347 g/mol. The molecule has 2 amide bonds. The van der Waals surface area contributed by atoms with Crippen LogP contribution in [-0.2, 0) is 16.0 Å². The zero-order valence-electron chi connectivity index (χ0n) is 14.6. The van der Waals surface area contributed by atoms with Crippen LogP contribution in [0.25, 0.3) is 0 Å². The molecule has 0 radical (unpaired) electrons. The quantitative estimate of drug-likeness (QED) is 0.512. The normalized spacial score (nSPS) is 13.1. The second-order valence-electron chi connectivity index (χ2n) is 6.33. The monoisotopic (exact) mass is 370 g/mol. The van der Waals surface area contributed by atoms with Crippen LogP contribution >= 0.6 is 0 Å². The Hall–Kier alpha value is -2.68. The van der Waals surface area contributed by atoms with Crippen molar-refractivity contribution in [3.63, 3.8) is 0 Å². The van der Waals surface area contributed by atoms with Gasteiger partial charge in [-0.1, -0.05) is 26.0 Å². The zero-order valence-corrected chi connectivity index (χ0v) is 14.6. The fraction of sp³-hybridized carbons (Fsp3) is 0.471. The van der Waals surface area contributed by atoms with Gasteiger partial charge in [-0.2, -0.15) is 0 Å². The molecule has 1 unspecified atom stereocenters. The fourth-order valence-corrected chi connectivity index (χ4v) is 2.31. The fourth-order valence-electron chi connectivity index (χ4n) is 2.31. The maximum atomic E-state index is 13.2. The van der Waals surface area contributed by atoms with E-state index in [-0.39, 0.29) is 18.9 Å². The molecule has 0 spiro atoms. The van der Waals surface area contributed by atoms with E-state index in [2.05, 4.69) is 5.32 Å². The number of nitrogens with one attached hydrogen (secondary N) is 1.